The summed E-state index contributed by atoms with van der Waals surface area (Å²) >= 11 is 0. The molecule has 1 aliphatic heterocycles. The van der Waals surface area contributed by atoms with Gasteiger partial charge in [0.15, 0.2) is 0 Å². The van der Waals surface area contributed by atoms with Crippen molar-refractivity contribution in [1.82, 2.24) is 14.9 Å². The Morgan fingerprint density at radius 3 is 2.67 bits per heavy atom. The number of likely N-dealkylation sites (tertiary alicyclic amines) is 1. The van der Waals surface area contributed by atoms with E-state index >= 15 is 0 Å². The fraction of sp³-hybridized carbons (Fsp3) is 0.688. The molecule has 0 unspecified atom stereocenters. The number of aryl methyl sites for hydroxylation is 1. The first-order chi connectivity index (χ1) is 9.99. The molecule has 1 fully saturated rings. The van der Waals surface area contributed by atoms with Crippen molar-refractivity contribution < 1.29 is 4.79 Å². The van der Waals surface area contributed by atoms with Crippen molar-refractivity contribution in [3.63, 3.8) is 0 Å². The minimum Gasteiger partial charge on any atom is -0.352 e. The molecule has 21 heavy (non-hydrogen) atoms. The van der Waals surface area contributed by atoms with Crippen molar-refractivity contribution >= 4 is 11.9 Å². The third-order valence-corrected chi connectivity index (χ3v) is 4.33. The number of carbonyl (C=O) groups is 1. The van der Waals surface area contributed by atoms with Crippen molar-refractivity contribution in [3.8, 4) is 0 Å². The van der Waals surface area contributed by atoms with Crippen LogP contribution in [0, 0.1) is 18.8 Å². The van der Waals surface area contributed by atoms with Gasteiger partial charge in [-0.15, -0.1) is 0 Å². The first-order valence-electron chi connectivity index (χ1n) is 7.82. The van der Waals surface area contributed by atoms with Gasteiger partial charge in [0.1, 0.15) is 0 Å². The highest BCUT2D eigenvalue weighted by Gasteiger charge is 2.32. The highest BCUT2D eigenvalue weighted by Crippen LogP contribution is 2.22. The molecule has 0 saturated carbocycles. The molecule has 0 aliphatic carbocycles. The standard InChI is InChI=1S/C16H26N4O/c1-11(2)13(4)15(21)20-7-5-6-14(20)10-19-16-17-8-12(3)9-18-16/h8-9,11,13-14H,5-7,10H2,1-4H3,(H,17,18,19)/t13-,14-/m0/s1. The number of amides is 1. The lowest BCUT2D eigenvalue weighted by atomic mass is 9.96. The monoisotopic (exact) mass is 290 g/mol. The van der Waals surface area contributed by atoms with Crippen LogP contribution in [0.3, 0.4) is 0 Å². The minimum absolute atomic E-state index is 0.0845. The number of hydrogen-bond acceptors (Lipinski definition) is 4. The van der Waals surface area contributed by atoms with E-state index in [9.17, 15) is 4.79 Å². The molecule has 1 aromatic rings. The van der Waals surface area contributed by atoms with Gasteiger partial charge in [-0.2, -0.15) is 0 Å². The number of carbonyl (C=O) groups excluding carboxylic acids is 1. The Labute approximate surface area is 127 Å². The Morgan fingerprint density at radius 1 is 1.38 bits per heavy atom. The molecule has 116 valence electrons. The van der Waals surface area contributed by atoms with E-state index in [0.29, 0.717) is 11.9 Å². The molecule has 1 aromatic heterocycles. The number of anilines is 1. The Morgan fingerprint density at radius 2 is 2.05 bits per heavy atom. The molecule has 0 spiro atoms. The summed E-state index contributed by atoms with van der Waals surface area (Å²) in [5, 5.41) is 3.25. The highest BCUT2D eigenvalue weighted by molar-refractivity contribution is 5.79. The zero-order chi connectivity index (χ0) is 15.4. The van der Waals surface area contributed by atoms with Crippen LogP contribution in [0.5, 0.6) is 0 Å². The molecule has 5 nitrogen and oxygen atoms in total. The summed E-state index contributed by atoms with van der Waals surface area (Å²) < 4.78 is 0. The molecule has 1 N–H and O–H groups in total. The van der Waals surface area contributed by atoms with Crippen molar-refractivity contribution in [2.24, 2.45) is 11.8 Å². The fourth-order valence-electron chi connectivity index (χ4n) is 2.58. The van der Waals surface area contributed by atoms with E-state index in [1.54, 1.807) is 12.4 Å². The van der Waals surface area contributed by atoms with Crippen LogP contribution in [0.2, 0.25) is 0 Å². The predicted octanol–water partition coefficient (Wildman–Crippen LogP) is 2.48. The lowest BCUT2D eigenvalue weighted by Crippen LogP contribution is -2.43. The third-order valence-electron chi connectivity index (χ3n) is 4.33. The summed E-state index contributed by atoms with van der Waals surface area (Å²) in [5.41, 5.74) is 1.05. The molecule has 1 saturated heterocycles. The van der Waals surface area contributed by atoms with Gasteiger partial charge >= 0.3 is 0 Å². The number of rotatable bonds is 5. The number of hydrogen-bond donors (Lipinski definition) is 1. The fourth-order valence-corrected chi connectivity index (χ4v) is 2.58. The zero-order valence-corrected chi connectivity index (χ0v) is 13.5. The van der Waals surface area contributed by atoms with E-state index in [1.807, 2.05) is 18.7 Å². The first-order valence-corrected chi connectivity index (χ1v) is 7.82. The van der Waals surface area contributed by atoms with Crippen LogP contribution in [0.15, 0.2) is 12.4 Å². The van der Waals surface area contributed by atoms with Gasteiger partial charge in [0.05, 0.1) is 0 Å². The second kappa shape index (κ2) is 6.87. The van der Waals surface area contributed by atoms with Gasteiger partial charge in [-0.3, -0.25) is 4.79 Å². The van der Waals surface area contributed by atoms with Crippen molar-refractivity contribution in [2.75, 3.05) is 18.4 Å². The normalized spacial score (nSPS) is 19.9. The van der Waals surface area contributed by atoms with Gasteiger partial charge in [0.2, 0.25) is 11.9 Å². The van der Waals surface area contributed by atoms with Crippen LogP contribution in [-0.2, 0) is 4.79 Å². The molecule has 0 radical (unpaired) electrons. The molecular weight excluding hydrogens is 264 g/mol. The lowest BCUT2D eigenvalue weighted by molar-refractivity contribution is -0.136. The SMILES string of the molecule is Cc1cnc(NC[C@@H]2CCCN2C(=O)[C@@H](C)C(C)C)nc1. The molecule has 0 aromatic carbocycles. The highest BCUT2D eigenvalue weighted by atomic mass is 16.2. The molecular formula is C16H26N4O. The Hall–Kier alpha value is -1.65. The van der Waals surface area contributed by atoms with E-state index in [2.05, 4.69) is 29.1 Å². The maximum atomic E-state index is 12.5. The van der Waals surface area contributed by atoms with Crippen LogP contribution in [-0.4, -0.2) is 39.9 Å². The van der Waals surface area contributed by atoms with E-state index in [0.717, 1.165) is 31.5 Å². The first kappa shape index (κ1) is 15.7. The molecule has 1 amide bonds. The molecule has 2 rings (SSSR count). The second-order valence-electron chi connectivity index (χ2n) is 6.33. The van der Waals surface area contributed by atoms with Gasteiger partial charge in [-0.25, -0.2) is 9.97 Å². The summed E-state index contributed by atoms with van der Waals surface area (Å²) in [6.07, 6.45) is 5.73. The van der Waals surface area contributed by atoms with E-state index < -0.39 is 0 Å². The minimum atomic E-state index is 0.0845. The van der Waals surface area contributed by atoms with Crippen LogP contribution < -0.4 is 5.32 Å². The van der Waals surface area contributed by atoms with Crippen LogP contribution >= 0.6 is 0 Å². The van der Waals surface area contributed by atoms with E-state index in [1.165, 1.54) is 0 Å². The number of aromatic nitrogens is 2. The van der Waals surface area contributed by atoms with Crippen LogP contribution in [0.4, 0.5) is 5.95 Å². The van der Waals surface area contributed by atoms with Crippen LogP contribution in [0.1, 0.15) is 39.2 Å². The largest absolute Gasteiger partial charge is 0.352 e. The Kier molecular flexibility index (Phi) is 5.15. The van der Waals surface area contributed by atoms with Gasteiger partial charge in [0, 0.05) is 37.4 Å². The molecule has 1 aliphatic rings. The van der Waals surface area contributed by atoms with E-state index in [4.69, 9.17) is 0 Å². The number of nitrogens with one attached hydrogen (secondary N) is 1. The maximum Gasteiger partial charge on any atom is 0.225 e. The summed E-state index contributed by atoms with van der Waals surface area (Å²) in [6, 6.07) is 0.253. The van der Waals surface area contributed by atoms with Gasteiger partial charge in [-0.1, -0.05) is 20.8 Å². The summed E-state index contributed by atoms with van der Waals surface area (Å²) in [6.45, 7) is 9.79. The third kappa shape index (κ3) is 3.93. The lowest BCUT2D eigenvalue weighted by Gasteiger charge is -2.29. The Balaban J connectivity index is 1.93. The molecule has 5 heteroatoms. The summed E-state index contributed by atoms with van der Waals surface area (Å²) in [7, 11) is 0. The molecule has 2 atom stereocenters. The summed E-state index contributed by atoms with van der Waals surface area (Å²) in [5.74, 6) is 1.38. The van der Waals surface area contributed by atoms with Crippen molar-refractivity contribution in [3.05, 3.63) is 18.0 Å². The van der Waals surface area contributed by atoms with Gasteiger partial charge in [0.25, 0.3) is 0 Å². The maximum absolute atomic E-state index is 12.5. The van der Waals surface area contributed by atoms with Gasteiger partial charge in [-0.05, 0) is 31.2 Å². The van der Waals surface area contributed by atoms with Gasteiger partial charge < -0.3 is 10.2 Å². The quantitative estimate of drug-likeness (QED) is 0.905. The van der Waals surface area contributed by atoms with Crippen molar-refractivity contribution in [1.29, 1.82) is 0 Å². The smallest absolute Gasteiger partial charge is 0.225 e. The Bertz CT molecular complexity index is 472. The summed E-state index contributed by atoms with van der Waals surface area (Å²) in [4.78, 5) is 23.0. The number of nitrogens with zero attached hydrogens (tertiary/aromatic N) is 3. The average Bonchev–Trinajstić information content (AvgIpc) is 2.93. The molecule has 0 bridgehead atoms. The molecule has 2 heterocycles. The topological polar surface area (TPSA) is 58.1 Å². The van der Waals surface area contributed by atoms with Crippen LogP contribution in [0.25, 0.3) is 0 Å². The zero-order valence-electron chi connectivity index (χ0n) is 13.5. The average molecular weight is 290 g/mol. The van der Waals surface area contributed by atoms with E-state index in [-0.39, 0.29) is 17.9 Å². The van der Waals surface area contributed by atoms with Crippen molar-refractivity contribution in [2.45, 2.75) is 46.6 Å². The predicted molar refractivity (Wildman–Crippen MR) is 84.0 cm³/mol. The second-order valence-corrected chi connectivity index (χ2v) is 6.33.